The fourth-order valence-electron chi connectivity index (χ4n) is 3.89. The molecule has 0 amide bonds. The minimum atomic E-state index is 0.683. The molecule has 1 fully saturated rings. The van der Waals surface area contributed by atoms with Crippen molar-refractivity contribution in [1.82, 2.24) is 14.8 Å². The van der Waals surface area contributed by atoms with Crippen LogP contribution in [-0.4, -0.2) is 47.6 Å². The first-order chi connectivity index (χ1) is 12.4. The van der Waals surface area contributed by atoms with Crippen LogP contribution >= 0.6 is 0 Å². The number of fused-ring (bicyclic) bond motifs is 1. The molecule has 0 bridgehead atoms. The van der Waals surface area contributed by atoms with Gasteiger partial charge in [-0.15, -0.1) is 0 Å². The van der Waals surface area contributed by atoms with Gasteiger partial charge in [0.05, 0.1) is 26.0 Å². The molecule has 134 valence electrons. The Labute approximate surface area is 149 Å². The highest BCUT2D eigenvalue weighted by molar-refractivity contribution is 5.33. The van der Waals surface area contributed by atoms with Gasteiger partial charge in [0, 0.05) is 32.0 Å². The smallest absolute Gasteiger partial charge is 0.117 e. The summed E-state index contributed by atoms with van der Waals surface area (Å²) in [7, 11) is 0. The molecule has 1 saturated heterocycles. The van der Waals surface area contributed by atoms with E-state index < -0.39 is 0 Å². The van der Waals surface area contributed by atoms with Crippen LogP contribution in [0.4, 0.5) is 0 Å². The molecule has 2 aromatic rings. The lowest BCUT2D eigenvalue weighted by Crippen LogP contribution is -2.31. The zero-order chi connectivity index (χ0) is 16.9. The van der Waals surface area contributed by atoms with Crippen LogP contribution in [0.25, 0.3) is 0 Å². The number of nitrogens with zero attached hydrogens (tertiary/aromatic N) is 3. The van der Waals surface area contributed by atoms with Crippen molar-refractivity contribution < 1.29 is 9.15 Å². The van der Waals surface area contributed by atoms with Gasteiger partial charge in [0.25, 0.3) is 0 Å². The molecular formula is C20H27N3O2. The first-order valence-electron chi connectivity index (χ1n) is 9.38. The van der Waals surface area contributed by atoms with Gasteiger partial charge in [0.1, 0.15) is 5.76 Å². The third kappa shape index (κ3) is 4.29. The number of ether oxygens (including phenoxy) is 1. The van der Waals surface area contributed by atoms with E-state index in [1.165, 1.54) is 42.6 Å². The van der Waals surface area contributed by atoms with Crippen molar-refractivity contribution in [2.24, 2.45) is 0 Å². The van der Waals surface area contributed by atoms with E-state index in [-0.39, 0.29) is 0 Å². The van der Waals surface area contributed by atoms with Crippen molar-refractivity contribution in [3.8, 4) is 0 Å². The predicted molar refractivity (Wildman–Crippen MR) is 96.1 cm³/mol. The highest BCUT2D eigenvalue weighted by atomic mass is 16.5. The Bertz CT molecular complexity index is 666. The summed E-state index contributed by atoms with van der Waals surface area (Å²) in [4.78, 5) is 9.35. The van der Waals surface area contributed by atoms with Crippen molar-refractivity contribution in [2.45, 2.75) is 39.0 Å². The van der Waals surface area contributed by atoms with Gasteiger partial charge < -0.3 is 14.1 Å². The topological polar surface area (TPSA) is 41.7 Å². The zero-order valence-corrected chi connectivity index (χ0v) is 14.8. The molecule has 5 heteroatoms. The van der Waals surface area contributed by atoms with Crippen LogP contribution in [0.1, 0.15) is 35.3 Å². The van der Waals surface area contributed by atoms with E-state index in [4.69, 9.17) is 9.15 Å². The summed E-state index contributed by atoms with van der Waals surface area (Å²) in [5.41, 5.74) is 4.03. The summed E-state index contributed by atoms with van der Waals surface area (Å²) in [6, 6.07) is 3.99. The summed E-state index contributed by atoms with van der Waals surface area (Å²) in [6.45, 7) is 7.87. The molecule has 0 aliphatic carbocycles. The number of pyridine rings is 1. The van der Waals surface area contributed by atoms with E-state index in [0.717, 1.165) is 45.0 Å². The molecule has 0 N–H and O–H groups in total. The van der Waals surface area contributed by atoms with Crippen LogP contribution in [0.3, 0.4) is 0 Å². The van der Waals surface area contributed by atoms with Crippen LogP contribution in [0.5, 0.6) is 0 Å². The quantitative estimate of drug-likeness (QED) is 0.725. The third-order valence-corrected chi connectivity index (χ3v) is 5.28. The molecule has 0 radical (unpaired) electrons. The summed E-state index contributed by atoms with van der Waals surface area (Å²) >= 11 is 0. The van der Waals surface area contributed by atoms with Crippen molar-refractivity contribution in [1.29, 1.82) is 0 Å². The normalized spacial score (nSPS) is 18.6. The minimum absolute atomic E-state index is 0.683. The number of rotatable bonds is 7. The fraction of sp³-hybridized carbons (Fsp3) is 0.550. The maximum absolute atomic E-state index is 5.95. The maximum Gasteiger partial charge on any atom is 0.117 e. The summed E-state index contributed by atoms with van der Waals surface area (Å²) < 4.78 is 11.4. The number of hydrogen-bond acceptors (Lipinski definition) is 5. The van der Waals surface area contributed by atoms with Gasteiger partial charge in [0.2, 0.25) is 0 Å². The highest BCUT2D eigenvalue weighted by Gasteiger charge is 2.20. The monoisotopic (exact) mass is 341 g/mol. The van der Waals surface area contributed by atoms with E-state index >= 15 is 0 Å². The Morgan fingerprint density at radius 1 is 1.12 bits per heavy atom. The van der Waals surface area contributed by atoms with Gasteiger partial charge in [-0.05, 0) is 61.2 Å². The molecule has 4 rings (SSSR count). The van der Waals surface area contributed by atoms with E-state index in [1.807, 2.05) is 24.5 Å². The van der Waals surface area contributed by atoms with Gasteiger partial charge >= 0.3 is 0 Å². The Morgan fingerprint density at radius 2 is 2.04 bits per heavy atom. The molecule has 0 aromatic carbocycles. The number of furan rings is 1. The molecule has 0 unspecified atom stereocenters. The average Bonchev–Trinajstić information content (AvgIpc) is 3.32. The van der Waals surface area contributed by atoms with Crippen molar-refractivity contribution in [3.05, 3.63) is 53.2 Å². The number of aromatic nitrogens is 1. The van der Waals surface area contributed by atoms with E-state index in [2.05, 4.69) is 14.8 Å². The lowest BCUT2D eigenvalue weighted by Gasteiger charge is -2.29. The second kappa shape index (κ2) is 8.13. The van der Waals surface area contributed by atoms with E-state index in [9.17, 15) is 0 Å². The Hall–Kier alpha value is -1.69. The summed E-state index contributed by atoms with van der Waals surface area (Å²) in [5, 5.41) is 0. The van der Waals surface area contributed by atoms with Gasteiger partial charge in [-0.1, -0.05) is 0 Å². The van der Waals surface area contributed by atoms with Gasteiger partial charge in [-0.3, -0.25) is 9.88 Å². The van der Waals surface area contributed by atoms with Crippen LogP contribution in [-0.2, 0) is 30.9 Å². The Morgan fingerprint density at radius 3 is 2.88 bits per heavy atom. The highest BCUT2D eigenvalue weighted by Crippen LogP contribution is 2.23. The third-order valence-electron chi connectivity index (χ3n) is 5.28. The molecular weight excluding hydrogens is 314 g/mol. The van der Waals surface area contributed by atoms with Crippen LogP contribution in [0, 0.1) is 0 Å². The van der Waals surface area contributed by atoms with Crippen molar-refractivity contribution in [3.63, 3.8) is 0 Å². The largest absolute Gasteiger partial charge is 0.468 e. The number of hydrogen-bond donors (Lipinski definition) is 0. The van der Waals surface area contributed by atoms with Crippen LogP contribution < -0.4 is 0 Å². The molecule has 5 nitrogen and oxygen atoms in total. The molecule has 0 spiro atoms. The van der Waals surface area contributed by atoms with Crippen molar-refractivity contribution >= 4 is 0 Å². The molecule has 2 aromatic heterocycles. The van der Waals surface area contributed by atoms with Gasteiger partial charge in [-0.25, -0.2) is 0 Å². The Kier molecular flexibility index (Phi) is 5.45. The fourth-order valence-corrected chi connectivity index (χ4v) is 3.89. The van der Waals surface area contributed by atoms with Crippen LogP contribution in [0.2, 0.25) is 0 Å². The second-order valence-electron chi connectivity index (χ2n) is 7.08. The predicted octanol–water partition coefficient (Wildman–Crippen LogP) is 2.85. The standard InChI is InChI=1S/C20H27N3O2/c1-2-7-22(6-1)9-11-24-16-18-13-21-12-17-14-23(8-5-20(17)18)15-19-4-3-10-25-19/h3-4,10,12-13H,1-2,5-9,11,14-16H2. The molecule has 25 heavy (non-hydrogen) atoms. The second-order valence-corrected chi connectivity index (χ2v) is 7.08. The molecule has 0 atom stereocenters. The molecule has 2 aliphatic rings. The number of likely N-dealkylation sites (tertiary alicyclic amines) is 1. The van der Waals surface area contributed by atoms with Crippen LogP contribution in [0.15, 0.2) is 35.2 Å². The molecule has 2 aliphatic heterocycles. The molecule has 0 saturated carbocycles. The lowest BCUT2D eigenvalue weighted by molar-refractivity contribution is 0.0980. The summed E-state index contributed by atoms with van der Waals surface area (Å²) in [6.07, 6.45) is 9.47. The van der Waals surface area contributed by atoms with E-state index in [1.54, 1.807) is 6.26 Å². The van der Waals surface area contributed by atoms with Crippen molar-refractivity contribution in [2.75, 3.05) is 32.8 Å². The zero-order valence-electron chi connectivity index (χ0n) is 14.8. The lowest BCUT2D eigenvalue weighted by atomic mass is 9.97. The first-order valence-corrected chi connectivity index (χ1v) is 9.38. The summed E-state index contributed by atoms with van der Waals surface area (Å²) in [5.74, 6) is 1.03. The maximum atomic E-state index is 5.95. The SMILES string of the molecule is c1coc(CN2CCc3c(COCCN4CCCC4)cncc3C2)c1. The average molecular weight is 341 g/mol. The van der Waals surface area contributed by atoms with Gasteiger partial charge in [0.15, 0.2) is 0 Å². The molecule has 4 heterocycles. The minimum Gasteiger partial charge on any atom is -0.468 e. The van der Waals surface area contributed by atoms with E-state index in [0.29, 0.717) is 6.61 Å². The first kappa shape index (κ1) is 16.8. The van der Waals surface area contributed by atoms with Gasteiger partial charge in [-0.2, -0.15) is 0 Å². The Balaban J connectivity index is 1.31.